The van der Waals surface area contributed by atoms with Crippen LogP contribution in [0.1, 0.15) is 19.2 Å². The summed E-state index contributed by atoms with van der Waals surface area (Å²) in [6.07, 6.45) is 4.56. The molecule has 4 heterocycles. The van der Waals surface area contributed by atoms with Crippen LogP contribution in [0.15, 0.2) is 61.1 Å². The number of aromatic nitrogens is 5. The molecule has 5 rings (SSSR count). The molecule has 1 saturated heterocycles. The van der Waals surface area contributed by atoms with E-state index in [2.05, 4.69) is 25.3 Å². The standard InChI is InChI=1S/C26H25FN6O4/c1-16-14-36-26(37-15-16,12-21(34)30-19-4-3-10-28-13-19)24-32-22(17-5-7-18(27)8-6-17)23(33-24)20-9-11-29-25(31-20)35-2/h3-11,13,16H,12,14-15H2,1-2H3,(H,30,34)(H,32,33). The quantitative estimate of drug-likeness (QED) is 0.388. The lowest BCUT2D eigenvalue weighted by atomic mass is 10.1. The fourth-order valence-corrected chi connectivity index (χ4v) is 3.95. The highest BCUT2D eigenvalue weighted by atomic mass is 19.1. The number of anilines is 1. The minimum absolute atomic E-state index is 0.131. The second-order valence-corrected chi connectivity index (χ2v) is 8.69. The number of hydrogen-bond acceptors (Lipinski definition) is 8. The van der Waals surface area contributed by atoms with E-state index in [1.807, 2.05) is 6.92 Å². The number of H-pyrrole nitrogens is 1. The number of carbonyl (C=O) groups excluding carboxylic acids is 1. The summed E-state index contributed by atoms with van der Waals surface area (Å²) in [5, 5.41) is 2.82. The van der Waals surface area contributed by atoms with Crippen LogP contribution in [-0.2, 0) is 20.1 Å². The number of benzene rings is 1. The monoisotopic (exact) mass is 504 g/mol. The van der Waals surface area contributed by atoms with Crippen LogP contribution in [0.25, 0.3) is 22.6 Å². The lowest BCUT2D eigenvalue weighted by molar-refractivity contribution is -0.293. The third kappa shape index (κ3) is 5.32. The molecule has 1 aliphatic rings. The molecule has 190 valence electrons. The molecular weight excluding hydrogens is 479 g/mol. The lowest BCUT2D eigenvalue weighted by Crippen LogP contribution is -2.44. The van der Waals surface area contributed by atoms with E-state index >= 15 is 0 Å². The maximum Gasteiger partial charge on any atom is 0.316 e. The number of methoxy groups -OCH3 is 1. The lowest BCUT2D eigenvalue weighted by Gasteiger charge is -2.37. The van der Waals surface area contributed by atoms with Gasteiger partial charge >= 0.3 is 6.01 Å². The highest BCUT2D eigenvalue weighted by molar-refractivity contribution is 5.91. The van der Waals surface area contributed by atoms with E-state index in [0.29, 0.717) is 41.5 Å². The fourth-order valence-electron chi connectivity index (χ4n) is 3.95. The van der Waals surface area contributed by atoms with Gasteiger partial charge in [-0.25, -0.2) is 14.4 Å². The van der Waals surface area contributed by atoms with Crippen molar-refractivity contribution in [3.8, 4) is 28.7 Å². The molecule has 2 N–H and O–H groups in total. The average molecular weight is 505 g/mol. The van der Waals surface area contributed by atoms with Crippen molar-refractivity contribution in [3.05, 3.63) is 72.7 Å². The molecule has 1 amide bonds. The minimum atomic E-state index is -1.48. The SMILES string of the molecule is COc1nccc(-c2[nH]c(C3(CC(=O)Nc4cccnc4)OCC(C)CO3)nc2-c2ccc(F)cc2)n1. The molecule has 0 saturated carbocycles. The molecule has 0 atom stereocenters. The number of carbonyl (C=O) groups is 1. The largest absolute Gasteiger partial charge is 0.467 e. The average Bonchev–Trinajstić information content (AvgIpc) is 3.37. The summed E-state index contributed by atoms with van der Waals surface area (Å²) in [6, 6.07) is 11.3. The van der Waals surface area contributed by atoms with E-state index in [0.717, 1.165) is 0 Å². The van der Waals surface area contributed by atoms with Crippen molar-refractivity contribution in [2.45, 2.75) is 19.1 Å². The molecule has 3 aromatic heterocycles. The highest BCUT2D eigenvalue weighted by Crippen LogP contribution is 2.39. The Labute approximate surface area is 212 Å². The predicted molar refractivity (Wildman–Crippen MR) is 132 cm³/mol. The normalized spacial score (nSPS) is 19.4. The number of amides is 1. The van der Waals surface area contributed by atoms with Crippen molar-refractivity contribution in [1.29, 1.82) is 0 Å². The third-order valence-electron chi connectivity index (χ3n) is 5.80. The van der Waals surface area contributed by atoms with E-state index in [9.17, 15) is 9.18 Å². The zero-order valence-electron chi connectivity index (χ0n) is 20.3. The Morgan fingerprint density at radius 2 is 1.95 bits per heavy atom. The van der Waals surface area contributed by atoms with Crippen molar-refractivity contribution in [3.63, 3.8) is 0 Å². The summed E-state index contributed by atoms with van der Waals surface area (Å²) >= 11 is 0. The second-order valence-electron chi connectivity index (χ2n) is 8.69. The predicted octanol–water partition coefficient (Wildman–Crippen LogP) is 3.94. The van der Waals surface area contributed by atoms with Crippen LogP contribution in [0.3, 0.4) is 0 Å². The summed E-state index contributed by atoms with van der Waals surface area (Å²) in [5.41, 5.74) is 2.67. The van der Waals surface area contributed by atoms with Gasteiger partial charge in [0.15, 0.2) is 5.82 Å². The number of halogens is 1. The van der Waals surface area contributed by atoms with Gasteiger partial charge in [0.2, 0.25) is 11.7 Å². The Balaban J connectivity index is 1.58. The Hall–Kier alpha value is -4.22. The first kappa shape index (κ1) is 24.5. The molecule has 10 nitrogen and oxygen atoms in total. The third-order valence-corrected chi connectivity index (χ3v) is 5.80. The van der Waals surface area contributed by atoms with Crippen LogP contribution in [0, 0.1) is 11.7 Å². The highest BCUT2D eigenvalue weighted by Gasteiger charge is 2.44. The molecule has 0 radical (unpaired) electrons. The van der Waals surface area contributed by atoms with Gasteiger partial charge in [-0.1, -0.05) is 6.92 Å². The molecule has 11 heteroatoms. The van der Waals surface area contributed by atoms with Crippen LogP contribution in [0.2, 0.25) is 0 Å². The smallest absolute Gasteiger partial charge is 0.316 e. The van der Waals surface area contributed by atoms with Gasteiger partial charge in [0.05, 0.1) is 55.7 Å². The fraction of sp³-hybridized carbons (Fsp3) is 0.269. The molecule has 4 aromatic rings. The van der Waals surface area contributed by atoms with Gasteiger partial charge in [0.25, 0.3) is 0 Å². The number of ether oxygens (including phenoxy) is 3. The van der Waals surface area contributed by atoms with E-state index < -0.39 is 5.79 Å². The second kappa shape index (κ2) is 10.4. The first-order chi connectivity index (χ1) is 18.0. The van der Waals surface area contributed by atoms with Crippen LogP contribution in [0.4, 0.5) is 10.1 Å². The molecule has 1 aromatic carbocycles. The summed E-state index contributed by atoms with van der Waals surface area (Å²) in [5.74, 6) is -1.78. The van der Waals surface area contributed by atoms with Gasteiger partial charge in [-0.15, -0.1) is 0 Å². The Morgan fingerprint density at radius 1 is 1.16 bits per heavy atom. The van der Waals surface area contributed by atoms with Crippen LogP contribution < -0.4 is 10.1 Å². The molecule has 1 aliphatic heterocycles. The maximum absolute atomic E-state index is 13.7. The molecule has 0 spiro atoms. The molecule has 0 aliphatic carbocycles. The van der Waals surface area contributed by atoms with Gasteiger partial charge in [-0.3, -0.25) is 9.78 Å². The van der Waals surface area contributed by atoms with Crippen molar-refractivity contribution in [2.24, 2.45) is 5.92 Å². The van der Waals surface area contributed by atoms with Crippen molar-refractivity contribution in [1.82, 2.24) is 24.9 Å². The topological polar surface area (TPSA) is 124 Å². The van der Waals surface area contributed by atoms with Gasteiger partial charge in [0.1, 0.15) is 5.82 Å². The number of rotatable bonds is 7. The van der Waals surface area contributed by atoms with Gasteiger partial charge in [-0.2, -0.15) is 4.98 Å². The van der Waals surface area contributed by atoms with E-state index in [1.165, 1.54) is 19.2 Å². The molecule has 0 bridgehead atoms. The molecule has 0 unspecified atom stereocenters. The van der Waals surface area contributed by atoms with Gasteiger partial charge in [-0.05, 0) is 42.5 Å². The summed E-state index contributed by atoms with van der Waals surface area (Å²) in [7, 11) is 1.47. The van der Waals surface area contributed by atoms with Crippen molar-refractivity contribution in [2.75, 3.05) is 25.6 Å². The number of aromatic amines is 1. The maximum atomic E-state index is 13.7. The number of nitrogens with zero attached hydrogens (tertiary/aromatic N) is 4. The van der Waals surface area contributed by atoms with E-state index in [-0.39, 0.29) is 35.9 Å². The first-order valence-electron chi connectivity index (χ1n) is 11.7. The molecule has 1 fully saturated rings. The number of pyridine rings is 1. The number of imidazole rings is 1. The zero-order valence-corrected chi connectivity index (χ0v) is 20.3. The van der Waals surface area contributed by atoms with Crippen LogP contribution in [-0.4, -0.2) is 51.2 Å². The van der Waals surface area contributed by atoms with Crippen LogP contribution >= 0.6 is 0 Å². The Bertz CT molecular complexity index is 1370. The summed E-state index contributed by atoms with van der Waals surface area (Å²) < 4.78 is 31.2. The first-order valence-corrected chi connectivity index (χ1v) is 11.7. The summed E-state index contributed by atoms with van der Waals surface area (Å²) in [6.45, 7) is 2.72. The van der Waals surface area contributed by atoms with Gasteiger partial charge < -0.3 is 24.5 Å². The van der Waals surface area contributed by atoms with Crippen LogP contribution in [0.5, 0.6) is 6.01 Å². The number of hydrogen-bond donors (Lipinski definition) is 2. The van der Waals surface area contributed by atoms with E-state index in [4.69, 9.17) is 19.2 Å². The molecule has 37 heavy (non-hydrogen) atoms. The number of nitrogens with one attached hydrogen (secondary N) is 2. The zero-order chi connectivity index (χ0) is 25.8. The summed E-state index contributed by atoms with van der Waals surface area (Å²) in [4.78, 5) is 33.7. The van der Waals surface area contributed by atoms with E-state index in [1.54, 1.807) is 48.9 Å². The van der Waals surface area contributed by atoms with Crippen molar-refractivity contribution < 1.29 is 23.4 Å². The Morgan fingerprint density at radius 3 is 2.65 bits per heavy atom. The van der Waals surface area contributed by atoms with Gasteiger partial charge in [0, 0.05) is 23.9 Å². The molecular formula is C26H25FN6O4. The Kier molecular flexibility index (Phi) is 6.89. The van der Waals surface area contributed by atoms with Crippen molar-refractivity contribution >= 4 is 11.6 Å². The minimum Gasteiger partial charge on any atom is -0.467 e.